The van der Waals surface area contributed by atoms with Crippen LogP contribution in [0.3, 0.4) is 0 Å². The van der Waals surface area contributed by atoms with E-state index in [2.05, 4.69) is 26.0 Å². The normalized spacial score (nSPS) is 18.7. The van der Waals surface area contributed by atoms with Gasteiger partial charge in [0.1, 0.15) is 5.75 Å². The van der Waals surface area contributed by atoms with E-state index in [0.717, 1.165) is 54.2 Å². The SMILES string of the molecule is CCCCCc1ccc(-c2ccc(OC(=O)C3CCC(CCCC)CC3)cc2)cc1Cl. The first-order chi connectivity index (χ1) is 15.1. The molecule has 31 heavy (non-hydrogen) atoms. The number of carbonyl (C=O) groups excluding carboxylic acids is 1. The Balaban J connectivity index is 1.53. The lowest BCUT2D eigenvalue weighted by Crippen LogP contribution is -2.25. The number of carbonyl (C=O) groups is 1. The summed E-state index contributed by atoms with van der Waals surface area (Å²) in [6.07, 6.45) is 12.8. The largest absolute Gasteiger partial charge is 0.426 e. The van der Waals surface area contributed by atoms with Gasteiger partial charge in [0, 0.05) is 5.02 Å². The highest BCUT2D eigenvalue weighted by Crippen LogP contribution is 2.33. The van der Waals surface area contributed by atoms with Crippen molar-refractivity contribution in [2.45, 2.75) is 84.5 Å². The minimum atomic E-state index is -0.0684. The average molecular weight is 441 g/mol. The first-order valence-corrected chi connectivity index (χ1v) is 12.6. The Morgan fingerprint density at radius 3 is 2.23 bits per heavy atom. The summed E-state index contributed by atoms with van der Waals surface area (Å²) >= 11 is 6.51. The molecule has 2 nitrogen and oxygen atoms in total. The Hall–Kier alpha value is -1.80. The fourth-order valence-corrected chi connectivity index (χ4v) is 4.86. The van der Waals surface area contributed by atoms with E-state index in [9.17, 15) is 4.79 Å². The summed E-state index contributed by atoms with van der Waals surface area (Å²) in [6.45, 7) is 4.46. The maximum atomic E-state index is 12.6. The zero-order valence-electron chi connectivity index (χ0n) is 19.2. The summed E-state index contributed by atoms with van der Waals surface area (Å²) in [5.74, 6) is 1.41. The van der Waals surface area contributed by atoms with Gasteiger partial charge in [-0.3, -0.25) is 4.79 Å². The van der Waals surface area contributed by atoms with E-state index in [1.807, 2.05) is 30.3 Å². The molecule has 0 amide bonds. The van der Waals surface area contributed by atoms with Crippen molar-refractivity contribution in [1.29, 1.82) is 0 Å². The van der Waals surface area contributed by atoms with Crippen molar-refractivity contribution in [3.05, 3.63) is 53.1 Å². The predicted molar refractivity (Wildman–Crippen MR) is 131 cm³/mol. The third kappa shape index (κ3) is 7.10. The number of unbranched alkanes of at least 4 members (excludes halogenated alkanes) is 3. The van der Waals surface area contributed by atoms with E-state index < -0.39 is 0 Å². The number of esters is 1. The Bertz CT molecular complexity index is 819. The molecule has 1 fully saturated rings. The number of ether oxygens (including phenoxy) is 1. The van der Waals surface area contributed by atoms with Gasteiger partial charge in [-0.25, -0.2) is 0 Å². The van der Waals surface area contributed by atoms with Crippen molar-refractivity contribution < 1.29 is 9.53 Å². The molecule has 3 heteroatoms. The van der Waals surface area contributed by atoms with Gasteiger partial charge in [0.15, 0.2) is 0 Å². The number of hydrogen-bond donors (Lipinski definition) is 0. The molecule has 0 radical (unpaired) electrons. The third-order valence-corrected chi connectivity index (χ3v) is 7.01. The van der Waals surface area contributed by atoms with Crippen LogP contribution in [0.4, 0.5) is 0 Å². The predicted octanol–water partition coefficient (Wildman–Crippen LogP) is 8.64. The summed E-state index contributed by atoms with van der Waals surface area (Å²) in [5, 5.41) is 0.832. The molecule has 1 saturated carbocycles. The number of rotatable bonds is 10. The Morgan fingerprint density at radius 1 is 0.903 bits per heavy atom. The maximum Gasteiger partial charge on any atom is 0.314 e. The van der Waals surface area contributed by atoms with Crippen LogP contribution in [0.1, 0.15) is 83.6 Å². The van der Waals surface area contributed by atoms with Crippen molar-refractivity contribution in [3.8, 4) is 16.9 Å². The second-order valence-electron chi connectivity index (χ2n) is 9.07. The van der Waals surface area contributed by atoms with Gasteiger partial charge >= 0.3 is 5.97 Å². The lowest BCUT2D eigenvalue weighted by Gasteiger charge is -2.27. The lowest BCUT2D eigenvalue weighted by atomic mass is 9.80. The molecule has 1 aliphatic carbocycles. The second-order valence-corrected chi connectivity index (χ2v) is 9.48. The molecule has 0 aliphatic heterocycles. The molecule has 0 unspecified atom stereocenters. The summed E-state index contributed by atoms with van der Waals surface area (Å²) in [6, 6.07) is 14.1. The average Bonchev–Trinajstić information content (AvgIpc) is 2.79. The zero-order chi connectivity index (χ0) is 22.1. The fourth-order valence-electron chi connectivity index (χ4n) is 4.59. The lowest BCUT2D eigenvalue weighted by molar-refractivity contribution is -0.140. The zero-order valence-corrected chi connectivity index (χ0v) is 19.9. The molecule has 0 saturated heterocycles. The molecule has 0 N–H and O–H groups in total. The highest BCUT2D eigenvalue weighted by Gasteiger charge is 2.27. The van der Waals surface area contributed by atoms with Crippen LogP contribution < -0.4 is 4.74 Å². The van der Waals surface area contributed by atoms with Gasteiger partial charge in [0.25, 0.3) is 0 Å². The molecular formula is C28H37ClO2. The van der Waals surface area contributed by atoms with Crippen LogP contribution in [0.5, 0.6) is 5.75 Å². The van der Waals surface area contributed by atoms with Crippen molar-refractivity contribution in [2.75, 3.05) is 0 Å². The van der Waals surface area contributed by atoms with Gasteiger partial charge in [-0.2, -0.15) is 0 Å². The molecule has 2 aromatic rings. The quantitative estimate of drug-likeness (QED) is 0.210. The second kappa shape index (κ2) is 12.3. The van der Waals surface area contributed by atoms with Crippen molar-refractivity contribution in [2.24, 2.45) is 11.8 Å². The highest BCUT2D eigenvalue weighted by atomic mass is 35.5. The number of benzene rings is 2. The Morgan fingerprint density at radius 2 is 1.58 bits per heavy atom. The van der Waals surface area contributed by atoms with Crippen LogP contribution in [0.15, 0.2) is 42.5 Å². The van der Waals surface area contributed by atoms with Gasteiger partial charge < -0.3 is 4.74 Å². The summed E-state index contributed by atoms with van der Waals surface area (Å²) in [4.78, 5) is 12.6. The molecule has 0 atom stereocenters. The first kappa shape index (κ1) is 23.9. The van der Waals surface area contributed by atoms with Crippen LogP contribution >= 0.6 is 11.6 Å². The molecule has 0 bridgehead atoms. The monoisotopic (exact) mass is 440 g/mol. The molecule has 0 heterocycles. The van der Waals surface area contributed by atoms with Gasteiger partial charge in [-0.1, -0.05) is 81.8 Å². The number of hydrogen-bond acceptors (Lipinski definition) is 2. The first-order valence-electron chi connectivity index (χ1n) is 12.2. The Kier molecular flexibility index (Phi) is 9.46. The van der Waals surface area contributed by atoms with Crippen molar-refractivity contribution in [3.63, 3.8) is 0 Å². The van der Waals surface area contributed by atoms with E-state index in [0.29, 0.717) is 5.75 Å². The third-order valence-electron chi connectivity index (χ3n) is 6.65. The topological polar surface area (TPSA) is 26.3 Å². The van der Waals surface area contributed by atoms with Gasteiger partial charge in [-0.15, -0.1) is 0 Å². The highest BCUT2D eigenvalue weighted by molar-refractivity contribution is 6.31. The molecule has 3 rings (SSSR count). The van der Waals surface area contributed by atoms with Crippen LogP contribution in [-0.4, -0.2) is 5.97 Å². The van der Waals surface area contributed by atoms with Crippen LogP contribution in [0, 0.1) is 11.8 Å². The maximum absolute atomic E-state index is 12.6. The van der Waals surface area contributed by atoms with E-state index in [1.54, 1.807) is 0 Å². The molecule has 0 aromatic heterocycles. The molecular weight excluding hydrogens is 404 g/mol. The van der Waals surface area contributed by atoms with Crippen molar-refractivity contribution >= 4 is 17.6 Å². The van der Waals surface area contributed by atoms with E-state index >= 15 is 0 Å². The van der Waals surface area contributed by atoms with Gasteiger partial charge in [-0.05, 0) is 79.3 Å². The number of halogens is 1. The van der Waals surface area contributed by atoms with E-state index in [-0.39, 0.29) is 11.9 Å². The minimum Gasteiger partial charge on any atom is -0.426 e. The molecule has 0 spiro atoms. The summed E-state index contributed by atoms with van der Waals surface area (Å²) in [5.41, 5.74) is 3.39. The molecule has 168 valence electrons. The van der Waals surface area contributed by atoms with Crippen molar-refractivity contribution in [1.82, 2.24) is 0 Å². The summed E-state index contributed by atoms with van der Waals surface area (Å²) < 4.78 is 5.69. The Labute approximate surface area is 193 Å². The number of aryl methyl sites for hydroxylation is 1. The smallest absolute Gasteiger partial charge is 0.314 e. The minimum absolute atomic E-state index is 0.0524. The van der Waals surface area contributed by atoms with Crippen LogP contribution in [0.2, 0.25) is 5.02 Å². The van der Waals surface area contributed by atoms with Crippen LogP contribution in [0.25, 0.3) is 11.1 Å². The fraction of sp³-hybridized carbons (Fsp3) is 0.536. The van der Waals surface area contributed by atoms with E-state index in [1.165, 1.54) is 44.1 Å². The summed E-state index contributed by atoms with van der Waals surface area (Å²) in [7, 11) is 0. The standard InChI is InChI=1S/C28H37ClO2/c1-3-5-7-9-23-14-15-25(20-27(23)29)22-16-18-26(19-17-22)31-28(30)24-12-10-21(11-13-24)8-6-4-2/h14-21,24H,3-13H2,1-2H3. The molecule has 2 aromatic carbocycles. The van der Waals surface area contributed by atoms with Gasteiger partial charge in [0.05, 0.1) is 5.92 Å². The van der Waals surface area contributed by atoms with E-state index in [4.69, 9.17) is 16.3 Å². The van der Waals surface area contributed by atoms with Crippen LogP contribution in [-0.2, 0) is 11.2 Å². The molecule has 1 aliphatic rings. The van der Waals surface area contributed by atoms with Gasteiger partial charge in [0.2, 0.25) is 0 Å².